The number of nitrogens with zero attached hydrogens (tertiary/aromatic N) is 1. The molecule has 0 bridgehead atoms. The van der Waals surface area contributed by atoms with Crippen molar-refractivity contribution in [2.75, 3.05) is 13.1 Å². The average Bonchev–Trinajstić information content (AvgIpc) is 2.44. The van der Waals surface area contributed by atoms with E-state index in [2.05, 4.69) is 4.72 Å². The Morgan fingerprint density at radius 2 is 2.00 bits per heavy atom. The van der Waals surface area contributed by atoms with Gasteiger partial charge in [0.1, 0.15) is 0 Å². The highest BCUT2D eigenvalue weighted by Gasteiger charge is 2.27. The van der Waals surface area contributed by atoms with Crippen LogP contribution in [0.1, 0.15) is 11.1 Å². The maximum atomic E-state index is 12.0. The topological polar surface area (TPSA) is 107 Å². The molecule has 0 unspecified atom stereocenters. The van der Waals surface area contributed by atoms with Gasteiger partial charge in [0, 0.05) is 19.6 Å². The second kappa shape index (κ2) is 5.88. The smallest absolute Gasteiger partial charge is 0.333 e. The van der Waals surface area contributed by atoms with Crippen LogP contribution < -0.4 is 4.72 Å². The zero-order valence-electron chi connectivity index (χ0n) is 10.7. The number of aliphatic carboxylic acids is 1. The molecule has 0 saturated heterocycles. The van der Waals surface area contributed by atoms with E-state index in [0.717, 1.165) is 11.1 Å². The summed E-state index contributed by atoms with van der Waals surface area (Å²) in [5.74, 6) is -1.46. The summed E-state index contributed by atoms with van der Waals surface area (Å²) in [6.07, 6.45) is -1.14. The molecule has 0 amide bonds. The molecule has 1 aromatic rings. The fourth-order valence-electron chi connectivity index (χ4n) is 2.04. The molecule has 0 fully saturated rings. The number of hydrogen-bond acceptors (Lipinski definition) is 4. The van der Waals surface area contributed by atoms with E-state index < -0.39 is 28.8 Å². The van der Waals surface area contributed by atoms with E-state index in [1.54, 1.807) is 0 Å². The van der Waals surface area contributed by atoms with Crippen molar-refractivity contribution in [3.63, 3.8) is 0 Å². The molecule has 0 radical (unpaired) electrons. The van der Waals surface area contributed by atoms with Crippen LogP contribution in [0.5, 0.6) is 0 Å². The first-order valence-electron chi connectivity index (χ1n) is 6.12. The Bertz CT molecular complexity index is 602. The van der Waals surface area contributed by atoms with Crippen LogP contribution >= 0.6 is 0 Å². The Labute approximate surface area is 117 Å². The van der Waals surface area contributed by atoms with Crippen molar-refractivity contribution in [2.45, 2.75) is 19.1 Å². The van der Waals surface area contributed by atoms with Crippen molar-refractivity contribution in [3.05, 3.63) is 35.4 Å². The van der Waals surface area contributed by atoms with Gasteiger partial charge in [0.15, 0.2) is 6.10 Å². The lowest BCUT2D eigenvalue weighted by Gasteiger charge is -2.28. The van der Waals surface area contributed by atoms with Gasteiger partial charge >= 0.3 is 5.97 Å². The van der Waals surface area contributed by atoms with Crippen LogP contribution in [0.15, 0.2) is 24.3 Å². The summed E-state index contributed by atoms with van der Waals surface area (Å²) in [5.41, 5.74) is 2.05. The van der Waals surface area contributed by atoms with Crippen LogP contribution in [0.2, 0.25) is 0 Å². The number of aliphatic hydroxyl groups is 1. The Morgan fingerprint density at radius 1 is 1.35 bits per heavy atom. The Balaban J connectivity index is 2.03. The maximum Gasteiger partial charge on any atom is 0.333 e. The molecular weight excluding hydrogens is 284 g/mol. The third kappa shape index (κ3) is 3.34. The van der Waals surface area contributed by atoms with Crippen LogP contribution in [-0.4, -0.2) is 48.1 Å². The number of carboxylic acids is 1. The second-order valence-corrected chi connectivity index (χ2v) is 6.32. The largest absolute Gasteiger partial charge is 0.479 e. The van der Waals surface area contributed by atoms with Gasteiger partial charge in [-0.2, -0.15) is 17.4 Å². The molecule has 2 rings (SSSR count). The van der Waals surface area contributed by atoms with Crippen molar-refractivity contribution >= 4 is 16.2 Å². The van der Waals surface area contributed by atoms with Crippen molar-refractivity contribution in [1.82, 2.24) is 9.03 Å². The number of benzene rings is 1. The lowest BCUT2D eigenvalue weighted by molar-refractivity contribution is -0.146. The summed E-state index contributed by atoms with van der Waals surface area (Å²) in [4.78, 5) is 10.5. The SMILES string of the molecule is O=C(O)[C@@H](O)CNS(=O)(=O)N1CCc2ccccc2C1. The van der Waals surface area contributed by atoms with Crippen molar-refractivity contribution in [1.29, 1.82) is 0 Å². The molecule has 0 aliphatic carbocycles. The van der Waals surface area contributed by atoms with Gasteiger partial charge in [-0.25, -0.2) is 4.79 Å². The Kier molecular flexibility index (Phi) is 4.39. The highest BCUT2D eigenvalue weighted by molar-refractivity contribution is 7.87. The number of carbonyl (C=O) groups is 1. The first kappa shape index (κ1) is 14.9. The summed E-state index contributed by atoms with van der Waals surface area (Å²) < 4.78 is 27.4. The van der Waals surface area contributed by atoms with Crippen LogP contribution in [0.25, 0.3) is 0 Å². The molecule has 0 aromatic heterocycles. The van der Waals surface area contributed by atoms with Gasteiger partial charge in [0.25, 0.3) is 10.2 Å². The van der Waals surface area contributed by atoms with E-state index >= 15 is 0 Å². The summed E-state index contributed by atoms with van der Waals surface area (Å²) in [6.45, 7) is 0.0278. The molecule has 0 saturated carbocycles. The molecule has 1 atom stereocenters. The van der Waals surface area contributed by atoms with E-state index in [4.69, 9.17) is 10.2 Å². The van der Waals surface area contributed by atoms with Crippen molar-refractivity contribution in [3.8, 4) is 0 Å². The molecule has 1 aromatic carbocycles. The minimum absolute atomic E-state index is 0.245. The van der Waals surface area contributed by atoms with Gasteiger partial charge < -0.3 is 10.2 Å². The number of nitrogens with one attached hydrogen (secondary N) is 1. The molecule has 1 aliphatic heterocycles. The van der Waals surface area contributed by atoms with Gasteiger partial charge in [-0.05, 0) is 17.5 Å². The quantitative estimate of drug-likeness (QED) is 0.668. The zero-order valence-corrected chi connectivity index (χ0v) is 11.5. The zero-order chi connectivity index (χ0) is 14.8. The van der Waals surface area contributed by atoms with Crippen LogP contribution in [0.4, 0.5) is 0 Å². The fourth-order valence-corrected chi connectivity index (χ4v) is 3.23. The highest BCUT2D eigenvalue weighted by Crippen LogP contribution is 2.20. The number of fused-ring (bicyclic) bond motifs is 1. The summed E-state index contributed by atoms with van der Waals surface area (Å²) in [7, 11) is -3.79. The molecule has 1 aliphatic rings. The van der Waals surface area contributed by atoms with Gasteiger partial charge in [-0.3, -0.25) is 0 Å². The summed E-state index contributed by atoms with van der Waals surface area (Å²) in [6, 6.07) is 7.57. The van der Waals surface area contributed by atoms with Crippen LogP contribution in [0, 0.1) is 0 Å². The third-order valence-electron chi connectivity index (χ3n) is 3.18. The predicted octanol–water partition coefficient (Wildman–Crippen LogP) is -0.675. The van der Waals surface area contributed by atoms with Gasteiger partial charge in [0.05, 0.1) is 0 Å². The van der Waals surface area contributed by atoms with Crippen LogP contribution in [-0.2, 0) is 28.0 Å². The molecule has 20 heavy (non-hydrogen) atoms. The predicted molar refractivity (Wildman–Crippen MR) is 71.1 cm³/mol. The fraction of sp³-hybridized carbons (Fsp3) is 0.417. The lowest BCUT2D eigenvalue weighted by Crippen LogP contribution is -2.46. The lowest BCUT2D eigenvalue weighted by atomic mass is 10.0. The maximum absolute atomic E-state index is 12.0. The Hall–Kier alpha value is -1.48. The van der Waals surface area contributed by atoms with E-state index in [9.17, 15) is 13.2 Å². The summed E-state index contributed by atoms with van der Waals surface area (Å²) >= 11 is 0. The molecule has 3 N–H and O–H groups in total. The highest BCUT2D eigenvalue weighted by atomic mass is 32.2. The van der Waals surface area contributed by atoms with E-state index in [0.29, 0.717) is 13.0 Å². The van der Waals surface area contributed by atoms with E-state index in [1.807, 2.05) is 24.3 Å². The second-order valence-electron chi connectivity index (χ2n) is 4.56. The number of aliphatic hydroxyl groups excluding tert-OH is 1. The first-order chi connectivity index (χ1) is 9.40. The Morgan fingerprint density at radius 3 is 2.65 bits per heavy atom. The minimum atomic E-state index is -3.79. The van der Waals surface area contributed by atoms with E-state index in [1.165, 1.54) is 4.31 Å². The van der Waals surface area contributed by atoms with Crippen LogP contribution in [0.3, 0.4) is 0 Å². The normalized spacial score (nSPS) is 17.4. The molecular formula is C12H16N2O5S. The summed E-state index contributed by atoms with van der Waals surface area (Å²) in [5, 5.41) is 17.6. The molecule has 110 valence electrons. The number of hydrogen-bond donors (Lipinski definition) is 3. The van der Waals surface area contributed by atoms with Crippen molar-refractivity contribution in [2.24, 2.45) is 0 Å². The molecule has 7 nitrogen and oxygen atoms in total. The molecule has 1 heterocycles. The first-order valence-corrected chi connectivity index (χ1v) is 7.56. The monoisotopic (exact) mass is 300 g/mol. The van der Waals surface area contributed by atoms with Gasteiger partial charge in [0.2, 0.25) is 0 Å². The molecule has 8 heteroatoms. The van der Waals surface area contributed by atoms with Gasteiger partial charge in [-0.1, -0.05) is 24.3 Å². The van der Waals surface area contributed by atoms with Gasteiger partial charge in [-0.15, -0.1) is 0 Å². The van der Waals surface area contributed by atoms with Crippen molar-refractivity contribution < 1.29 is 23.4 Å². The minimum Gasteiger partial charge on any atom is -0.479 e. The standard InChI is InChI=1S/C12H16N2O5S/c15-11(12(16)17)7-13-20(18,19)14-6-5-9-3-1-2-4-10(9)8-14/h1-4,11,13,15H,5-8H2,(H,16,17)/t11-/m0/s1. The molecule has 0 spiro atoms. The number of carboxylic acid groups (broad SMARTS) is 1. The number of rotatable bonds is 5. The third-order valence-corrected chi connectivity index (χ3v) is 4.70. The average molecular weight is 300 g/mol. The van der Waals surface area contributed by atoms with E-state index in [-0.39, 0.29) is 6.54 Å².